The lowest BCUT2D eigenvalue weighted by molar-refractivity contribution is 0.240. The van der Waals surface area contributed by atoms with Gasteiger partial charge in [0, 0.05) is 11.7 Å². The lowest BCUT2D eigenvalue weighted by atomic mass is 9.87. The Hall–Kier alpha value is -1.51. The molecule has 0 aliphatic heterocycles. The van der Waals surface area contributed by atoms with Gasteiger partial charge in [-0.1, -0.05) is 32.9 Å². The Morgan fingerprint density at radius 3 is 2.56 bits per heavy atom. The van der Waals surface area contributed by atoms with Crippen molar-refractivity contribution in [3.63, 3.8) is 0 Å². The third kappa shape index (κ3) is 3.25. The highest BCUT2D eigenvalue weighted by Crippen LogP contribution is 2.24. The Morgan fingerprint density at radius 1 is 1.28 bits per heavy atom. The molecule has 0 heterocycles. The van der Waals surface area contributed by atoms with Crippen LogP contribution in [-0.2, 0) is 5.41 Å². The summed E-state index contributed by atoms with van der Waals surface area (Å²) in [5.74, 6) is 0. The van der Waals surface area contributed by atoms with Crippen molar-refractivity contribution in [2.75, 3.05) is 5.32 Å². The van der Waals surface area contributed by atoms with E-state index in [2.05, 4.69) is 37.5 Å². The lowest BCUT2D eigenvalue weighted by Gasteiger charge is -2.26. The molecular weight excluding hydrogens is 224 g/mol. The van der Waals surface area contributed by atoms with Crippen molar-refractivity contribution in [1.82, 2.24) is 5.32 Å². The molecule has 0 radical (unpaired) electrons. The van der Waals surface area contributed by atoms with E-state index in [1.807, 2.05) is 18.2 Å². The molecule has 0 bridgehead atoms. The highest BCUT2D eigenvalue weighted by molar-refractivity contribution is 5.89. The van der Waals surface area contributed by atoms with Crippen molar-refractivity contribution >= 4 is 11.7 Å². The maximum Gasteiger partial charge on any atom is 0.319 e. The van der Waals surface area contributed by atoms with Crippen LogP contribution in [0.25, 0.3) is 0 Å². The number of rotatable bonds is 2. The van der Waals surface area contributed by atoms with Crippen molar-refractivity contribution < 1.29 is 4.79 Å². The van der Waals surface area contributed by atoms with Crippen LogP contribution in [0, 0.1) is 0 Å². The molecule has 1 aliphatic carbocycles. The zero-order chi connectivity index (χ0) is 13.2. The second-order valence-electron chi connectivity index (χ2n) is 6.06. The van der Waals surface area contributed by atoms with E-state index in [-0.39, 0.29) is 11.4 Å². The minimum Gasteiger partial charge on any atom is -0.335 e. The average Bonchev–Trinajstić information content (AvgIpc) is 2.23. The molecule has 2 amide bonds. The predicted octanol–water partition coefficient (Wildman–Crippen LogP) is 3.66. The normalized spacial score (nSPS) is 15.9. The van der Waals surface area contributed by atoms with Crippen LogP contribution in [0.15, 0.2) is 24.3 Å². The van der Waals surface area contributed by atoms with Crippen molar-refractivity contribution in [2.24, 2.45) is 0 Å². The van der Waals surface area contributed by atoms with E-state index in [1.54, 1.807) is 0 Å². The topological polar surface area (TPSA) is 41.1 Å². The summed E-state index contributed by atoms with van der Waals surface area (Å²) in [6, 6.07) is 8.33. The first kappa shape index (κ1) is 12.9. The van der Waals surface area contributed by atoms with Gasteiger partial charge in [-0.25, -0.2) is 4.79 Å². The van der Waals surface area contributed by atoms with Gasteiger partial charge in [-0.3, -0.25) is 0 Å². The van der Waals surface area contributed by atoms with Gasteiger partial charge in [0.25, 0.3) is 0 Å². The van der Waals surface area contributed by atoms with E-state index in [1.165, 1.54) is 12.0 Å². The SMILES string of the molecule is CC(C)(C)c1cccc(NC(=O)NC2CCC2)c1. The number of carbonyl (C=O) groups excluding carboxylic acids is 1. The molecule has 0 spiro atoms. The number of benzene rings is 1. The minimum absolute atomic E-state index is 0.0919. The van der Waals surface area contributed by atoms with Crippen LogP contribution in [0.1, 0.15) is 45.6 Å². The minimum atomic E-state index is -0.0919. The van der Waals surface area contributed by atoms with Crippen molar-refractivity contribution in [3.8, 4) is 0 Å². The van der Waals surface area contributed by atoms with Crippen LogP contribution in [0.2, 0.25) is 0 Å². The summed E-state index contributed by atoms with van der Waals surface area (Å²) in [4.78, 5) is 11.8. The van der Waals surface area contributed by atoms with Gasteiger partial charge in [0.15, 0.2) is 0 Å². The summed E-state index contributed by atoms with van der Waals surface area (Å²) in [6.07, 6.45) is 3.44. The van der Waals surface area contributed by atoms with Gasteiger partial charge >= 0.3 is 6.03 Å². The summed E-state index contributed by atoms with van der Waals surface area (Å²) in [5, 5.41) is 5.88. The number of amides is 2. The number of urea groups is 1. The van der Waals surface area contributed by atoms with Crippen LogP contribution in [0.5, 0.6) is 0 Å². The molecule has 1 saturated carbocycles. The van der Waals surface area contributed by atoms with Gasteiger partial charge in [-0.2, -0.15) is 0 Å². The summed E-state index contributed by atoms with van der Waals surface area (Å²) < 4.78 is 0. The molecule has 1 aliphatic rings. The molecule has 0 aromatic heterocycles. The molecule has 3 heteroatoms. The fourth-order valence-corrected chi connectivity index (χ4v) is 1.97. The summed E-state index contributed by atoms with van der Waals surface area (Å²) in [5.41, 5.74) is 2.19. The largest absolute Gasteiger partial charge is 0.335 e. The van der Waals surface area contributed by atoms with E-state index in [9.17, 15) is 4.79 Å². The fraction of sp³-hybridized carbons (Fsp3) is 0.533. The van der Waals surface area contributed by atoms with E-state index in [0.717, 1.165) is 18.5 Å². The van der Waals surface area contributed by atoms with Crippen molar-refractivity contribution in [2.45, 2.75) is 51.5 Å². The molecule has 98 valence electrons. The molecule has 1 aromatic carbocycles. The van der Waals surface area contributed by atoms with E-state index < -0.39 is 0 Å². The van der Waals surface area contributed by atoms with Gasteiger partial charge in [-0.05, 0) is 42.4 Å². The third-order valence-corrected chi connectivity index (χ3v) is 3.43. The van der Waals surface area contributed by atoms with Crippen LogP contribution in [0.4, 0.5) is 10.5 Å². The highest BCUT2D eigenvalue weighted by Gasteiger charge is 2.19. The van der Waals surface area contributed by atoms with E-state index >= 15 is 0 Å². The summed E-state index contributed by atoms with van der Waals surface area (Å²) >= 11 is 0. The molecule has 0 saturated heterocycles. The number of carbonyl (C=O) groups is 1. The summed E-state index contributed by atoms with van der Waals surface area (Å²) in [6.45, 7) is 6.50. The van der Waals surface area contributed by atoms with Crippen molar-refractivity contribution in [3.05, 3.63) is 29.8 Å². The van der Waals surface area contributed by atoms with E-state index in [4.69, 9.17) is 0 Å². The third-order valence-electron chi connectivity index (χ3n) is 3.43. The van der Waals surface area contributed by atoms with Crippen molar-refractivity contribution in [1.29, 1.82) is 0 Å². The van der Waals surface area contributed by atoms with Crippen LogP contribution in [0.3, 0.4) is 0 Å². The fourth-order valence-electron chi connectivity index (χ4n) is 1.97. The number of anilines is 1. The average molecular weight is 246 g/mol. The quantitative estimate of drug-likeness (QED) is 0.821. The first-order valence-corrected chi connectivity index (χ1v) is 6.63. The number of hydrogen-bond acceptors (Lipinski definition) is 1. The van der Waals surface area contributed by atoms with Crippen LogP contribution < -0.4 is 10.6 Å². The molecule has 1 aromatic rings. The Morgan fingerprint density at radius 2 is 2.00 bits per heavy atom. The standard InChI is InChI=1S/C15H22N2O/c1-15(2,3)11-6-4-9-13(10-11)17-14(18)16-12-7-5-8-12/h4,6,9-10,12H,5,7-8H2,1-3H3,(H2,16,17,18). The van der Waals surface area contributed by atoms with E-state index in [0.29, 0.717) is 6.04 Å². The highest BCUT2D eigenvalue weighted by atomic mass is 16.2. The van der Waals surface area contributed by atoms with Crippen LogP contribution in [-0.4, -0.2) is 12.1 Å². The zero-order valence-electron chi connectivity index (χ0n) is 11.4. The Labute approximate surface area is 109 Å². The van der Waals surface area contributed by atoms with Crippen LogP contribution >= 0.6 is 0 Å². The lowest BCUT2D eigenvalue weighted by Crippen LogP contribution is -2.41. The zero-order valence-corrected chi connectivity index (χ0v) is 11.4. The Kier molecular flexibility index (Phi) is 3.60. The molecular formula is C15H22N2O. The Balaban J connectivity index is 1.98. The van der Waals surface area contributed by atoms with Gasteiger partial charge in [0.1, 0.15) is 0 Å². The summed E-state index contributed by atoms with van der Waals surface area (Å²) in [7, 11) is 0. The van der Waals surface area contributed by atoms with Gasteiger partial charge in [0.05, 0.1) is 0 Å². The van der Waals surface area contributed by atoms with Gasteiger partial charge in [-0.15, -0.1) is 0 Å². The van der Waals surface area contributed by atoms with Gasteiger partial charge in [0.2, 0.25) is 0 Å². The molecule has 0 unspecified atom stereocenters. The molecule has 3 nitrogen and oxygen atoms in total. The second-order valence-corrected chi connectivity index (χ2v) is 6.06. The first-order valence-electron chi connectivity index (χ1n) is 6.63. The molecule has 18 heavy (non-hydrogen) atoms. The Bertz CT molecular complexity index is 430. The predicted molar refractivity (Wildman–Crippen MR) is 74.9 cm³/mol. The molecule has 2 N–H and O–H groups in total. The number of hydrogen-bond donors (Lipinski definition) is 2. The number of nitrogens with one attached hydrogen (secondary N) is 2. The monoisotopic (exact) mass is 246 g/mol. The molecule has 2 rings (SSSR count). The van der Waals surface area contributed by atoms with Gasteiger partial charge < -0.3 is 10.6 Å². The maximum absolute atomic E-state index is 11.8. The smallest absolute Gasteiger partial charge is 0.319 e. The second kappa shape index (κ2) is 5.01. The molecule has 0 atom stereocenters. The maximum atomic E-state index is 11.8. The molecule has 1 fully saturated rings. The first-order chi connectivity index (χ1) is 8.45.